The molecule has 3 heteroatoms. The summed E-state index contributed by atoms with van der Waals surface area (Å²) in [6.45, 7) is 13.4. The predicted octanol–water partition coefficient (Wildman–Crippen LogP) is 6.05. The average Bonchev–Trinajstić information content (AvgIpc) is 2.98. The maximum atomic E-state index is 6.06. The van der Waals surface area contributed by atoms with E-state index in [2.05, 4.69) is 32.7 Å². The van der Waals surface area contributed by atoms with E-state index in [9.17, 15) is 0 Å². The summed E-state index contributed by atoms with van der Waals surface area (Å²) >= 11 is 0. The molecule has 2 rings (SSSR count). The topological polar surface area (TPSA) is 9.23 Å². The Bertz CT molecular complexity index is 303. The summed E-state index contributed by atoms with van der Waals surface area (Å²) in [5, 5.41) is 0. The lowest BCUT2D eigenvalue weighted by Gasteiger charge is -2.36. The van der Waals surface area contributed by atoms with Gasteiger partial charge in [-0.2, -0.15) is 0 Å². The Balaban J connectivity index is 1.76. The zero-order chi connectivity index (χ0) is 14.8. The number of rotatable bonds is 6. The van der Waals surface area contributed by atoms with Crippen molar-refractivity contribution in [2.45, 2.75) is 95.2 Å². The Labute approximate surface area is 129 Å². The first-order chi connectivity index (χ1) is 9.29. The van der Waals surface area contributed by atoms with E-state index in [1.54, 1.807) is 12.8 Å². The molecule has 0 aromatic carbocycles. The second kappa shape index (κ2) is 6.66. The van der Waals surface area contributed by atoms with Gasteiger partial charge in [0, 0.05) is 6.61 Å². The molecule has 2 unspecified atom stereocenters. The molecule has 118 valence electrons. The molecule has 0 aliphatic heterocycles. The monoisotopic (exact) mass is 312 g/mol. The lowest BCUT2D eigenvalue weighted by atomic mass is 10.1. The summed E-state index contributed by atoms with van der Waals surface area (Å²) in [5.74, 6) is 0.976. The minimum atomic E-state index is -1.30. The lowest BCUT2D eigenvalue weighted by Crippen LogP contribution is -2.36. The molecule has 0 heterocycles. The zero-order valence-corrected chi connectivity index (χ0v) is 16.5. The minimum absolute atomic E-state index is 0.976. The van der Waals surface area contributed by atoms with Crippen molar-refractivity contribution in [3.63, 3.8) is 0 Å². The zero-order valence-electron chi connectivity index (χ0n) is 14.5. The highest BCUT2D eigenvalue weighted by Crippen LogP contribution is 2.51. The molecule has 2 aliphatic carbocycles. The van der Waals surface area contributed by atoms with Gasteiger partial charge in [0.25, 0.3) is 0 Å². The first-order valence-corrected chi connectivity index (χ1v) is 15.5. The van der Waals surface area contributed by atoms with Crippen molar-refractivity contribution >= 4 is 16.4 Å². The van der Waals surface area contributed by atoms with Gasteiger partial charge < -0.3 is 4.43 Å². The Morgan fingerprint density at radius 1 is 0.850 bits per heavy atom. The third-order valence-electron chi connectivity index (χ3n) is 6.06. The van der Waals surface area contributed by atoms with Crippen LogP contribution in [-0.2, 0) is 4.43 Å². The first-order valence-electron chi connectivity index (χ1n) is 8.93. The van der Waals surface area contributed by atoms with E-state index in [0.717, 1.165) is 23.6 Å². The fourth-order valence-corrected chi connectivity index (χ4v) is 9.69. The van der Waals surface area contributed by atoms with E-state index in [1.165, 1.54) is 38.5 Å². The Morgan fingerprint density at radius 3 is 2.10 bits per heavy atom. The predicted molar refractivity (Wildman–Crippen MR) is 94.7 cm³/mol. The van der Waals surface area contributed by atoms with Crippen LogP contribution in [0.25, 0.3) is 0 Å². The van der Waals surface area contributed by atoms with Crippen molar-refractivity contribution in [1.82, 2.24) is 0 Å². The molecular weight excluding hydrogens is 276 g/mol. The number of hydrogen-bond donors (Lipinski definition) is 0. The van der Waals surface area contributed by atoms with Crippen LogP contribution in [-0.4, -0.2) is 23.0 Å². The first kappa shape index (κ1) is 16.8. The van der Waals surface area contributed by atoms with E-state index in [0.29, 0.717) is 0 Å². The van der Waals surface area contributed by atoms with Crippen LogP contribution < -0.4 is 0 Å². The molecule has 2 saturated carbocycles. The van der Waals surface area contributed by atoms with Crippen LogP contribution in [0.4, 0.5) is 0 Å². The van der Waals surface area contributed by atoms with Gasteiger partial charge in [0.1, 0.15) is 0 Å². The molecule has 0 aromatic rings. The number of hydrogen-bond acceptors (Lipinski definition) is 1. The summed E-state index contributed by atoms with van der Waals surface area (Å²) in [6, 6.07) is 0. The second-order valence-electron chi connectivity index (χ2n) is 8.93. The SMILES string of the molecule is C[Si](C)(C)OCCC1CCC([Si](C)(C)C2CCCC2)C1. The van der Waals surface area contributed by atoms with E-state index < -0.39 is 16.4 Å². The minimum Gasteiger partial charge on any atom is -0.418 e. The van der Waals surface area contributed by atoms with E-state index in [4.69, 9.17) is 4.43 Å². The van der Waals surface area contributed by atoms with Gasteiger partial charge in [0.2, 0.25) is 0 Å². The Hall–Kier alpha value is 0.394. The molecule has 0 spiro atoms. The van der Waals surface area contributed by atoms with Crippen molar-refractivity contribution in [2.24, 2.45) is 5.92 Å². The van der Waals surface area contributed by atoms with Crippen LogP contribution in [0.1, 0.15) is 51.4 Å². The van der Waals surface area contributed by atoms with Crippen LogP contribution >= 0.6 is 0 Å². The summed E-state index contributed by atoms with van der Waals surface area (Å²) in [7, 11) is -2.28. The standard InChI is InChI=1S/C17H36OSi2/c1-19(2,3)18-13-12-15-10-11-17(14-15)20(4,5)16-8-6-7-9-16/h15-17H,6-14H2,1-5H3. The van der Waals surface area contributed by atoms with Crippen LogP contribution in [0.5, 0.6) is 0 Å². The molecule has 0 aromatic heterocycles. The quantitative estimate of drug-likeness (QED) is 0.542. The average molecular weight is 313 g/mol. The van der Waals surface area contributed by atoms with Crippen molar-refractivity contribution < 1.29 is 4.43 Å². The van der Waals surface area contributed by atoms with Crippen LogP contribution in [0.15, 0.2) is 0 Å². The smallest absolute Gasteiger partial charge is 0.183 e. The second-order valence-corrected chi connectivity index (χ2v) is 18.7. The summed E-state index contributed by atoms with van der Waals surface area (Å²) < 4.78 is 6.06. The molecule has 2 fully saturated rings. The van der Waals surface area contributed by atoms with E-state index in [1.807, 2.05) is 0 Å². The molecule has 0 amide bonds. The normalized spacial score (nSPS) is 29.2. The van der Waals surface area contributed by atoms with Gasteiger partial charge in [-0.05, 0) is 49.5 Å². The van der Waals surface area contributed by atoms with Gasteiger partial charge in [-0.1, -0.05) is 51.6 Å². The molecule has 0 bridgehead atoms. The van der Waals surface area contributed by atoms with Gasteiger partial charge in [-0.25, -0.2) is 0 Å². The highest BCUT2D eigenvalue weighted by molar-refractivity contribution is 6.80. The summed E-state index contributed by atoms with van der Waals surface area (Å²) in [6.07, 6.45) is 12.0. The maximum Gasteiger partial charge on any atom is 0.183 e. The van der Waals surface area contributed by atoms with Crippen molar-refractivity contribution in [2.75, 3.05) is 6.61 Å². The Kier molecular flexibility index (Phi) is 5.58. The van der Waals surface area contributed by atoms with Gasteiger partial charge in [-0.15, -0.1) is 0 Å². The fourth-order valence-electron chi connectivity index (χ4n) is 4.55. The third kappa shape index (κ3) is 4.44. The van der Waals surface area contributed by atoms with E-state index in [-0.39, 0.29) is 0 Å². The highest BCUT2D eigenvalue weighted by Gasteiger charge is 2.43. The van der Waals surface area contributed by atoms with Crippen LogP contribution in [0.2, 0.25) is 43.8 Å². The largest absolute Gasteiger partial charge is 0.418 e. The van der Waals surface area contributed by atoms with Crippen molar-refractivity contribution in [3.8, 4) is 0 Å². The fraction of sp³-hybridized carbons (Fsp3) is 1.00. The summed E-state index contributed by atoms with van der Waals surface area (Å²) in [5.41, 5.74) is 2.26. The molecule has 0 radical (unpaired) electrons. The van der Waals surface area contributed by atoms with E-state index >= 15 is 0 Å². The third-order valence-corrected chi connectivity index (χ3v) is 12.4. The maximum absolute atomic E-state index is 6.06. The van der Waals surface area contributed by atoms with Gasteiger partial charge in [0.15, 0.2) is 8.32 Å². The molecule has 20 heavy (non-hydrogen) atoms. The molecular formula is C17H36OSi2. The molecule has 2 atom stereocenters. The molecule has 1 nitrogen and oxygen atoms in total. The molecule has 0 N–H and O–H groups in total. The van der Waals surface area contributed by atoms with Crippen LogP contribution in [0, 0.1) is 5.92 Å². The molecule has 0 saturated heterocycles. The van der Waals surface area contributed by atoms with Crippen molar-refractivity contribution in [1.29, 1.82) is 0 Å². The lowest BCUT2D eigenvalue weighted by molar-refractivity contribution is 0.273. The van der Waals surface area contributed by atoms with Gasteiger partial charge >= 0.3 is 0 Å². The molecule has 2 aliphatic rings. The summed E-state index contributed by atoms with van der Waals surface area (Å²) in [4.78, 5) is 0. The van der Waals surface area contributed by atoms with Crippen molar-refractivity contribution in [3.05, 3.63) is 0 Å². The Morgan fingerprint density at radius 2 is 1.50 bits per heavy atom. The van der Waals surface area contributed by atoms with Crippen LogP contribution in [0.3, 0.4) is 0 Å². The van der Waals surface area contributed by atoms with Gasteiger partial charge in [-0.3, -0.25) is 0 Å². The van der Waals surface area contributed by atoms with Gasteiger partial charge in [0.05, 0.1) is 8.07 Å². The highest BCUT2D eigenvalue weighted by atomic mass is 28.4.